The first-order valence-corrected chi connectivity index (χ1v) is 7.02. The van der Waals surface area contributed by atoms with E-state index in [1.54, 1.807) is 0 Å². The highest BCUT2D eigenvalue weighted by molar-refractivity contribution is 5.15. The molecule has 0 radical (unpaired) electrons. The van der Waals surface area contributed by atoms with Crippen LogP contribution in [0.1, 0.15) is 19.8 Å². The Morgan fingerprint density at radius 2 is 0.767 bits per heavy atom. The summed E-state index contributed by atoms with van der Waals surface area (Å²) in [4.78, 5) is 0. The van der Waals surface area contributed by atoms with E-state index in [0.29, 0.717) is 0 Å². The number of hydrogen-bond donors (Lipinski definition) is 0. The van der Waals surface area contributed by atoms with E-state index < -0.39 is 66.0 Å². The maximum Gasteiger partial charge on any atom is 0.460 e. The van der Waals surface area contributed by atoms with Gasteiger partial charge in [0.05, 0.1) is 0 Å². The summed E-state index contributed by atoms with van der Waals surface area (Å²) < 4.78 is 220. The van der Waals surface area contributed by atoms with Crippen LogP contribution in [0.3, 0.4) is 0 Å². The van der Waals surface area contributed by atoms with Crippen molar-refractivity contribution in [3.05, 3.63) is 12.2 Å². The Hall–Kier alpha value is -1.45. The van der Waals surface area contributed by atoms with Gasteiger partial charge in [-0.3, -0.25) is 0 Å². The van der Waals surface area contributed by atoms with Gasteiger partial charge in [-0.15, -0.1) is 6.58 Å². The fourth-order valence-electron chi connectivity index (χ4n) is 1.72. The Labute approximate surface area is 155 Å². The van der Waals surface area contributed by atoms with E-state index >= 15 is 0 Å². The van der Waals surface area contributed by atoms with Gasteiger partial charge in [0, 0.05) is 6.42 Å². The fraction of sp³-hybridized carbons (Fsp3) is 0.846. The molecule has 180 valence electrons. The summed E-state index contributed by atoms with van der Waals surface area (Å²) in [5.41, 5.74) is -0.442. The van der Waals surface area contributed by atoms with Crippen LogP contribution in [0, 0.1) is 0 Å². The maximum absolute atomic E-state index is 13.4. The lowest BCUT2D eigenvalue weighted by molar-refractivity contribution is -0.461. The van der Waals surface area contributed by atoms with Crippen molar-refractivity contribution in [2.24, 2.45) is 0 Å². The van der Waals surface area contributed by atoms with Crippen LogP contribution in [0.5, 0.6) is 0 Å². The monoisotopic (exact) mass is 488 g/mol. The van der Waals surface area contributed by atoms with E-state index in [9.17, 15) is 74.6 Å². The minimum atomic E-state index is -8.59. The van der Waals surface area contributed by atoms with Gasteiger partial charge in [-0.05, 0) is 13.3 Å². The Balaban J connectivity index is 6.58. The van der Waals surface area contributed by atoms with Gasteiger partial charge in [0.1, 0.15) is 0 Å². The number of allylic oxidation sites excluding steroid dienone is 1. The third-order valence-corrected chi connectivity index (χ3v) is 3.65. The summed E-state index contributed by atoms with van der Waals surface area (Å²) in [5.74, 6) is -55.9. The number of alkyl halides is 17. The highest BCUT2D eigenvalue weighted by Crippen LogP contribution is 2.64. The van der Waals surface area contributed by atoms with E-state index in [-0.39, 0.29) is 0 Å². The van der Waals surface area contributed by atoms with Crippen LogP contribution in [0.2, 0.25) is 0 Å². The SMILES string of the molecule is C=C(C)CCC(F)(F)C(F)(F)C(F)(F)C(F)(F)C(F)(F)C(F)(F)C(F)(F)C(F)(F)F. The quantitative estimate of drug-likeness (QED) is 0.235. The van der Waals surface area contributed by atoms with E-state index in [1.165, 1.54) is 0 Å². The molecule has 17 heteroatoms. The topological polar surface area (TPSA) is 0 Å². The summed E-state index contributed by atoms with van der Waals surface area (Å²) in [5, 5.41) is 0. The van der Waals surface area contributed by atoms with Crippen LogP contribution in [0.15, 0.2) is 12.2 Å². The summed E-state index contributed by atoms with van der Waals surface area (Å²) in [6.45, 7) is 3.69. The number of halogens is 17. The van der Waals surface area contributed by atoms with E-state index in [4.69, 9.17) is 0 Å². The molecule has 0 unspecified atom stereocenters. The molecule has 0 saturated carbocycles. The third-order valence-electron chi connectivity index (χ3n) is 3.65. The lowest BCUT2D eigenvalue weighted by atomic mass is 9.87. The highest BCUT2D eigenvalue weighted by Gasteiger charge is 2.95. The molecule has 0 rings (SSSR count). The second-order valence-corrected chi connectivity index (χ2v) is 6.11. The molecular weight excluding hydrogens is 479 g/mol. The Bertz CT molecular complexity index is 639. The molecule has 0 saturated heterocycles. The molecule has 0 amide bonds. The van der Waals surface area contributed by atoms with Crippen molar-refractivity contribution in [1.29, 1.82) is 0 Å². The molecule has 0 N–H and O–H groups in total. The Morgan fingerprint density at radius 3 is 1.03 bits per heavy atom. The zero-order chi connectivity index (χ0) is 25.0. The van der Waals surface area contributed by atoms with Crippen molar-refractivity contribution in [3.8, 4) is 0 Å². The summed E-state index contributed by atoms with van der Waals surface area (Å²) in [6, 6.07) is 0. The second-order valence-electron chi connectivity index (χ2n) is 6.11. The average Bonchev–Trinajstić information content (AvgIpc) is 2.50. The van der Waals surface area contributed by atoms with E-state index in [2.05, 4.69) is 6.58 Å². The first kappa shape index (κ1) is 28.5. The third kappa shape index (κ3) is 3.80. The molecule has 0 aliphatic heterocycles. The van der Waals surface area contributed by atoms with Crippen molar-refractivity contribution in [3.63, 3.8) is 0 Å². The summed E-state index contributed by atoms with van der Waals surface area (Å²) >= 11 is 0. The van der Waals surface area contributed by atoms with Gasteiger partial charge in [-0.1, -0.05) is 5.57 Å². The van der Waals surface area contributed by atoms with Gasteiger partial charge in [-0.2, -0.15) is 74.6 Å². The van der Waals surface area contributed by atoms with Crippen LogP contribution >= 0.6 is 0 Å². The predicted molar refractivity (Wildman–Crippen MR) is 64.7 cm³/mol. The first-order chi connectivity index (χ1) is 12.7. The van der Waals surface area contributed by atoms with Crippen molar-refractivity contribution >= 4 is 0 Å². The normalized spacial score (nSPS) is 16.1. The van der Waals surface area contributed by atoms with Crippen LogP contribution in [0.4, 0.5) is 74.6 Å². The lowest BCUT2D eigenvalue weighted by Gasteiger charge is -2.42. The highest BCUT2D eigenvalue weighted by atomic mass is 19.4. The molecule has 0 fully saturated rings. The minimum absolute atomic E-state index is 0.442. The molecule has 0 nitrogen and oxygen atoms in total. The average molecular weight is 488 g/mol. The van der Waals surface area contributed by atoms with E-state index in [1.807, 2.05) is 0 Å². The van der Waals surface area contributed by atoms with Gasteiger partial charge in [0.15, 0.2) is 0 Å². The van der Waals surface area contributed by atoms with Gasteiger partial charge in [-0.25, -0.2) is 0 Å². The van der Waals surface area contributed by atoms with Crippen LogP contribution in [0.25, 0.3) is 0 Å². The molecular formula is C13H9F17. The maximum atomic E-state index is 13.4. The first-order valence-electron chi connectivity index (χ1n) is 7.02. The molecule has 0 aromatic carbocycles. The number of hydrogen-bond acceptors (Lipinski definition) is 0. The molecule has 0 bridgehead atoms. The van der Waals surface area contributed by atoms with Crippen molar-refractivity contribution < 1.29 is 74.6 Å². The Morgan fingerprint density at radius 1 is 0.500 bits per heavy atom. The lowest BCUT2D eigenvalue weighted by Crippen LogP contribution is -2.74. The van der Waals surface area contributed by atoms with E-state index in [0.717, 1.165) is 6.92 Å². The summed E-state index contributed by atoms with van der Waals surface area (Å²) in [6.07, 6.45) is -11.5. The predicted octanol–water partition coefficient (Wildman–Crippen LogP) is 7.35. The zero-order valence-corrected chi connectivity index (χ0v) is 14.0. The fourth-order valence-corrected chi connectivity index (χ4v) is 1.72. The Kier molecular flexibility index (Phi) is 6.95. The van der Waals surface area contributed by atoms with Gasteiger partial charge < -0.3 is 0 Å². The minimum Gasteiger partial charge on any atom is -0.200 e. The number of rotatable bonds is 9. The molecule has 0 spiro atoms. The van der Waals surface area contributed by atoms with Crippen LogP contribution < -0.4 is 0 Å². The molecule has 0 aliphatic carbocycles. The van der Waals surface area contributed by atoms with Crippen molar-refractivity contribution in [2.45, 2.75) is 67.4 Å². The molecule has 0 heterocycles. The van der Waals surface area contributed by atoms with Gasteiger partial charge in [0.2, 0.25) is 0 Å². The standard InChI is InChI=1S/C13H9F17/c1-5(2)3-4-6(14,15)7(16,17)8(18,19)9(20,21)10(22,23)11(24,25)12(26,27)13(28,29)30/h1,3-4H2,2H3. The molecule has 0 aromatic rings. The smallest absolute Gasteiger partial charge is 0.200 e. The molecule has 0 atom stereocenters. The van der Waals surface area contributed by atoms with Crippen LogP contribution in [-0.2, 0) is 0 Å². The van der Waals surface area contributed by atoms with Crippen molar-refractivity contribution in [2.75, 3.05) is 0 Å². The van der Waals surface area contributed by atoms with Crippen molar-refractivity contribution in [1.82, 2.24) is 0 Å². The van der Waals surface area contributed by atoms with Gasteiger partial charge >= 0.3 is 47.6 Å². The van der Waals surface area contributed by atoms with Crippen LogP contribution in [-0.4, -0.2) is 47.6 Å². The largest absolute Gasteiger partial charge is 0.460 e. The molecule has 0 aliphatic rings. The zero-order valence-electron chi connectivity index (χ0n) is 14.0. The molecule has 30 heavy (non-hydrogen) atoms. The summed E-state index contributed by atoms with van der Waals surface area (Å²) in [7, 11) is 0. The van der Waals surface area contributed by atoms with Gasteiger partial charge in [0.25, 0.3) is 0 Å². The second kappa shape index (κ2) is 7.31. The molecule has 0 aromatic heterocycles.